The second-order valence-corrected chi connectivity index (χ2v) is 5.54. The van der Waals surface area contributed by atoms with Crippen LogP contribution in [0.3, 0.4) is 0 Å². The number of aliphatic hydroxyl groups excluding tert-OH is 1. The van der Waals surface area contributed by atoms with E-state index in [4.69, 9.17) is 0 Å². The van der Waals surface area contributed by atoms with Gasteiger partial charge in [-0.1, -0.05) is 27.7 Å². The lowest BCUT2D eigenvalue weighted by atomic mass is 10.1. The first-order valence-corrected chi connectivity index (χ1v) is 6.32. The first-order chi connectivity index (χ1) is 7.83. The van der Waals surface area contributed by atoms with E-state index in [0.717, 1.165) is 0 Å². The molecule has 0 saturated heterocycles. The lowest BCUT2D eigenvalue weighted by Crippen LogP contribution is -2.21. The van der Waals surface area contributed by atoms with Crippen molar-refractivity contribution in [2.24, 2.45) is 0 Å². The summed E-state index contributed by atoms with van der Waals surface area (Å²) in [5.74, 6) is -6.01. The summed E-state index contributed by atoms with van der Waals surface area (Å²) in [7, 11) is 0. The van der Waals surface area contributed by atoms with Crippen molar-refractivity contribution in [2.75, 3.05) is 0 Å². The number of aliphatic hydroxyl groups is 1. The highest BCUT2D eigenvalue weighted by Gasteiger charge is 2.48. The molecule has 17 heavy (non-hydrogen) atoms. The summed E-state index contributed by atoms with van der Waals surface area (Å²) in [6.45, 7) is 0. The fourth-order valence-electron chi connectivity index (χ4n) is 1.84. The number of alkyl halides is 4. The van der Waals surface area contributed by atoms with Crippen LogP contribution >= 0.6 is 27.7 Å². The van der Waals surface area contributed by atoms with Gasteiger partial charge in [-0.3, -0.25) is 0 Å². The Morgan fingerprint density at radius 3 is 2.65 bits per heavy atom. The van der Waals surface area contributed by atoms with Gasteiger partial charge in [0.05, 0.1) is 0 Å². The molecule has 94 valence electrons. The standard InChI is InChI=1S/C10H7BrF4OS/c11-5-1-2-6(17-9(12)13)7-4(5)3-10(14,15)8(7)16/h1-2,8-9,16H,3H2/t8-/m0/s1. The second-order valence-electron chi connectivity index (χ2n) is 3.66. The Bertz CT molecular complexity index is 452. The summed E-state index contributed by atoms with van der Waals surface area (Å²) in [6.07, 6.45) is -2.65. The van der Waals surface area contributed by atoms with Crippen molar-refractivity contribution in [3.05, 3.63) is 27.7 Å². The van der Waals surface area contributed by atoms with Crippen LogP contribution in [0.5, 0.6) is 0 Å². The number of benzene rings is 1. The zero-order valence-electron chi connectivity index (χ0n) is 8.26. The number of hydrogen-bond acceptors (Lipinski definition) is 2. The quantitative estimate of drug-likeness (QED) is 0.653. The Labute approximate surface area is 107 Å². The highest BCUT2D eigenvalue weighted by Crippen LogP contribution is 2.49. The number of rotatable bonds is 2. The van der Waals surface area contributed by atoms with E-state index in [1.807, 2.05) is 0 Å². The van der Waals surface area contributed by atoms with Crippen molar-refractivity contribution in [1.82, 2.24) is 0 Å². The smallest absolute Gasteiger partial charge is 0.288 e. The van der Waals surface area contributed by atoms with Crippen LogP contribution < -0.4 is 0 Å². The van der Waals surface area contributed by atoms with Gasteiger partial charge in [0.25, 0.3) is 11.7 Å². The van der Waals surface area contributed by atoms with E-state index in [1.54, 1.807) is 0 Å². The van der Waals surface area contributed by atoms with Gasteiger partial charge in [-0.05, 0) is 17.7 Å². The highest BCUT2D eigenvalue weighted by atomic mass is 79.9. The fraction of sp³-hybridized carbons (Fsp3) is 0.400. The van der Waals surface area contributed by atoms with E-state index in [9.17, 15) is 22.7 Å². The normalized spacial score (nSPS) is 21.9. The van der Waals surface area contributed by atoms with Gasteiger partial charge in [0, 0.05) is 21.4 Å². The summed E-state index contributed by atoms with van der Waals surface area (Å²) in [6, 6.07) is 2.75. The molecule has 0 heterocycles. The molecule has 0 aromatic heterocycles. The Hall–Kier alpha value is -0.270. The molecule has 7 heteroatoms. The maximum atomic E-state index is 13.4. The summed E-state index contributed by atoms with van der Waals surface area (Å²) in [4.78, 5) is 0.00266. The van der Waals surface area contributed by atoms with Gasteiger partial charge < -0.3 is 5.11 Å². The van der Waals surface area contributed by atoms with Gasteiger partial charge in [-0.15, -0.1) is 0 Å². The molecule has 1 aromatic rings. The molecule has 0 unspecified atom stereocenters. The minimum absolute atomic E-state index is 0.00266. The van der Waals surface area contributed by atoms with Crippen LogP contribution in [0.1, 0.15) is 17.2 Å². The summed E-state index contributed by atoms with van der Waals surface area (Å²) in [5, 5.41) is 9.50. The molecule has 0 radical (unpaired) electrons. The molecular formula is C10H7BrF4OS. The van der Waals surface area contributed by atoms with E-state index in [-0.39, 0.29) is 27.8 Å². The second kappa shape index (κ2) is 4.44. The molecule has 1 aliphatic carbocycles. The van der Waals surface area contributed by atoms with Gasteiger partial charge in [0.15, 0.2) is 0 Å². The largest absolute Gasteiger partial charge is 0.382 e. The average molecular weight is 331 g/mol. The van der Waals surface area contributed by atoms with Gasteiger partial charge in [0.1, 0.15) is 6.10 Å². The molecule has 0 amide bonds. The number of halogens is 5. The minimum atomic E-state index is -3.30. The Morgan fingerprint density at radius 1 is 1.41 bits per heavy atom. The predicted octanol–water partition coefficient (Wildman–Crippen LogP) is 3.99. The van der Waals surface area contributed by atoms with Crippen LogP contribution in [0, 0.1) is 0 Å². The van der Waals surface area contributed by atoms with Crippen LogP contribution in [0.15, 0.2) is 21.5 Å². The number of hydrogen-bond donors (Lipinski definition) is 1. The maximum Gasteiger partial charge on any atom is 0.288 e. The molecule has 0 fully saturated rings. The van der Waals surface area contributed by atoms with Crippen molar-refractivity contribution in [1.29, 1.82) is 0 Å². The van der Waals surface area contributed by atoms with Crippen LogP contribution in [-0.2, 0) is 6.42 Å². The van der Waals surface area contributed by atoms with E-state index >= 15 is 0 Å². The van der Waals surface area contributed by atoms with Gasteiger partial charge >= 0.3 is 0 Å². The first-order valence-electron chi connectivity index (χ1n) is 4.65. The first kappa shape index (κ1) is 13.2. The third-order valence-electron chi connectivity index (χ3n) is 2.56. The monoisotopic (exact) mass is 330 g/mol. The SMILES string of the molecule is O[C@H]1c2c(SC(F)F)ccc(Br)c2CC1(F)F. The topological polar surface area (TPSA) is 20.2 Å². The van der Waals surface area contributed by atoms with Gasteiger partial charge in [-0.25, -0.2) is 8.78 Å². The third-order valence-corrected chi connectivity index (χ3v) is 4.09. The molecule has 1 aromatic carbocycles. The van der Waals surface area contributed by atoms with Crippen LogP contribution in [0.2, 0.25) is 0 Å². The summed E-state index contributed by atoms with van der Waals surface area (Å²) in [5.41, 5.74) is 0.114. The molecule has 1 aliphatic rings. The third kappa shape index (κ3) is 2.32. The predicted molar refractivity (Wildman–Crippen MR) is 59.6 cm³/mol. The van der Waals surface area contributed by atoms with Crippen LogP contribution in [-0.4, -0.2) is 16.8 Å². The van der Waals surface area contributed by atoms with Crippen molar-refractivity contribution < 1.29 is 22.7 Å². The van der Waals surface area contributed by atoms with E-state index in [1.165, 1.54) is 12.1 Å². The Balaban J connectivity index is 2.51. The van der Waals surface area contributed by atoms with Crippen LogP contribution in [0.25, 0.3) is 0 Å². The molecule has 1 N–H and O–H groups in total. The molecule has 0 saturated carbocycles. The molecule has 2 rings (SSSR count). The number of thioether (sulfide) groups is 1. The fourth-order valence-corrected chi connectivity index (χ4v) is 3.02. The molecule has 1 nitrogen and oxygen atoms in total. The van der Waals surface area contributed by atoms with E-state index in [0.29, 0.717) is 4.47 Å². The van der Waals surface area contributed by atoms with Gasteiger partial charge in [-0.2, -0.15) is 8.78 Å². The lowest BCUT2D eigenvalue weighted by molar-refractivity contribution is -0.0976. The molecule has 0 aliphatic heterocycles. The van der Waals surface area contributed by atoms with Crippen molar-refractivity contribution in [3.8, 4) is 0 Å². The zero-order chi connectivity index (χ0) is 12.8. The Morgan fingerprint density at radius 2 is 2.06 bits per heavy atom. The number of fused-ring (bicyclic) bond motifs is 1. The molecule has 1 atom stereocenters. The molecule has 0 spiro atoms. The van der Waals surface area contributed by atoms with E-state index in [2.05, 4.69) is 15.9 Å². The van der Waals surface area contributed by atoms with Gasteiger partial charge in [0.2, 0.25) is 0 Å². The summed E-state index contributed by atoms with van der Waals surface area (Å²) < 4.78 is 51.7. The molecule has 0 bridgehead atoms. The van der Waals surface area contributed by atoms with Crippen molar-refractivity contribution in [3.63, 3.8) is 0 Å². The lowest BCUT2D eigenvalue weighted by Gasteiger charge is -2.15. The Kier molecular flexibility index (Phi) is 3.44. The van der Waals surface area contributed by atoms with Crippen LogP contribution in [0.4, 0.5) is 17.6 Å². The maximum absolute atomic E-state index is 13.4. The van der Waals surface area contributed by atoms with E-state index < -0.39 is 24.2 Å². The zero-order valence-corrected chi connectivity index (χ0v) is 10.7. The summed E-state index contributed by atoms with van der Waals surface area (Å²) >= 11 is 3.26. The van der Waals surface area contributed by atoms with Crippen molar-refractivity contribution >= 4 is 27.7 Å². The van der Waals surface area contributed by atoms with Crippen molar-refractivity contribution in [2.45, 2.75) is 29.1 Å². The minimum Gasteiger partial charge on any atom is -0.382 e. The molecular weight excluding hydrogens is 324 g/mol. The highest BCUT2D eigenvalue weighted by molar-refractivity contribution is 9.10. The average Bonchev–Trinajstić information content (AvgIpc) is 2.44.